The quantitative estimate of drug-likeness (QED) is 0.681. The molecule has 0 aromatic rings. The van der Waals surface area contributed by atoms with Crippen molar-refractivity contribution in [1.82, 2.24) is 0 Å². The number of hydrogen-bond donors (Lipinski definition) is 0. The molecule has 0 unspecified atom stereocenters. The number of hydrogen-bond acceptors (Lipinski definition) is 2. The normalized spacial score (nSPS) is 13.6. The van der Waals surface area contributed by atoms with Crippen LogP contribution in [0.2, 0.25) is 9.50 Å². The van der Waals surface area contributed by atoms with E-state index in [1.54, 1.807) is 14.2 Å². The molecule has 0 radical (unpaired) electrons. The SMILES string of the molecule is C[CH2][Ge]([O]C)([O]C)[C](C)(C)C. The van der Waals surface area contributed by atoms with Crippen LogP contribution in [0.3, 0.4) is 0 Å². The Bertz CT molecular complexity index is 105. The minimum absolute atomic E-state index is 0.207. The van der Waals surface area contributed by atoms with Gasteiger partial charge in [-0.3, -0.25) is 0 Å². The van der Waals surface area contributed by atoms with Crippen molar-refractivity contribution in [2.75, 3.05) is 14.2 Å². The van der Waals surface area contributed by atoms with Crippen LogP contribution in [0.1, 0.15) is 27.7 Å². The number of rotatable bonds is 3. The van der Waals surface area contributed by atoms with Crippen LogP contribution in [-0.2, 0) is 7.53 Å². The van der Waals surface area contributed by atoms with Crippen LogP contribution >= 0.6 is 0 Å². The Morgan fingerprint density at radius 2 is 1.45 bits per heavy atom. The van der Waals surface area contributed by atoms with Gasteiger partial charge < -0.3 is 0 Å². The molecule has 2 nitrogen and oxygen atoms in total. The van der Waals surface area contributed by atoms with Gasteiger partial charge in [0, 0.05) is 0 Å². The van der Waals surface area contributed by atoms with Gasteiger partial charge in [-0.1, -0.05) is 0 Å². The molecule has 0 saturated carbocycles. The molecule has 0 aromatic heterocycles. The molecule has 0 aromatic carbocycles. The summed E-state index contributed by atoms with van der Waals surface area (Å²) in [5, 5.41) is 1.05. The first kappa shape index (κ1) is 11.5. The van der Waals surface area contributed by atoms with E-state index in [-0.39, 0.29) is 4.25 Å². The van der Waals surface area contributed by atoms with Crippen LogP contribution in [0.25, 0.3) is 0 Å². The van der Waals surface area contributed by atoms with E-state index in [2.05, 4.69) is 27.7 Å². The van der Waals surface area contributed by atoms with E-state index in [4.69, 9.17) is 7.53 Å². The van der Waals surface area contributed by atoms with Crippen molar-refractivity contribution >= 4 is 13.9 Å². The zero-order chi connectivity index (χ0) is 9.12. The van der Waals surface area contributed by atoms with E-state index in [0.717, 1.165) is 5.25 Å². The first-order valence-electron chi connectivity index (χ1n) is 4.04. The topological polar surface area (TPSA) is 18.5 Å². The Kier molecular flexibility index (Phi) is 4.08. The van der Waals surface area contributed by atoms with E-state index in [9.17, 15) is 0 Å². The molecule has 0 aliphatic heterocycles. The Hall–Kier alpha value is 0.463. The standard InChI is InChI=1S/C8H20GeO2/c1-7-9(10-5,11-6)8(2,3)4/h7H2,1-6H3. The first-order valence-corrected chi connectivity index (χ1v) is 8.28. The van der Waals surface area contributed by atoms with Crippen molar-refractivity contribution in [3.05, 3.63) is 0 Å². The van der Waals surface area contributed by atoms with Gasteiger partial charge in [0.15, 0.2) is 0 Å². The molecule has 68 valence electrons. The fraction of sp³-hybridized carbons (Fsp3) is 1.00. The molecule has 0 bridgehead atoms. The molecule has 0 rings (SSSR count). The molecule has 0 heterocycles. The van der Waals surface area contributed by atoms with Crippen LogP contribution in [0.5, 0.6) is 0 Å². The van der Waals surface area contributed by atoms with Gasteiger partial charge in [-0.15, -0.1) is 0 Å². The van der Waals surface area contributed by atoms with Crippen molar-refractivity contribution in [3.8, 4) is 0 Å². The van der Waals surface area contributed by atoms with Gasteiger partial charge in [-0.2, -0.15) is 0 Å². The second-order valence-electron chi connectivity index (χ2n) is 3.76. The van der Waals surface area contributed by atoms with Gasteiger partial charge in [0.2, 0.25) is 0 Å². The third-order valence-corrected chi connectivity index (χ3v) is 11.8. The monoisotopic (exact) mass is 222 g/mol. The Balaban J connectivity index is 4.54. The maximum absolute atomic E-state index is 5.57. The van der Waals surface area contributed by atoms with Crippen molar-refractivity contribution in [2.24, 2.45) is 0 Å². The van der Waals surface area contributed by atoms with Crippen molar-refractivity contribution in [2.45, 2.75) is 37.2 Å². The minimum atomic E-state index is -2.44. The summed E-state index contributed by atoms with van der Waals surface area (Å²) in [6, 6.07) is 0. The van der Waals surface area contributed by atoms with Gasteiger partial charge in [-0.05, 0) is 0 Å². The Labute approximate surface area is 73.3 Å². The van der Waals surface area contributed by atoms with Gasteiger partial charge >= 0.3 is 72.9 Å². The van der Waals surface area contributed by atoms with Crippen molar-refractivity contribution in [3.63, 3.8) is 0 Å². The second-order valence-corrected chi connectivity index (χ2v) is 13.3. The van der Waals surface area contributed by atoms with Gasteiger partial charge in [0.25, 0.3) is 0 Å². The fourth-order valence-electron chi connectivity index (χ4n) is 1.51. The van der Waals surface area contributed by atoms with Gasteiger partial charge in [-0.25, -0.2) is 0 Å². The van der Waals surface area contributed by atoms with Gasteiger partial charge in [0.05, 0.1) is 0 Å². The predicted octanol–water partition coefficient (Wildman–Crippen LogP) is 2.54. The summed E-state index contributed by atoms with van der Waals surface area (Å²) in [6.07, 6.45) is 0. The molecule has 0 saturated heterocycles. The van der Waals surface area contributed by atoms with Crippen LogP contribution in [0, 0.1) is 0 Å². The molecule has 11 heavy (non-hydrogen) atoms. The summed E-state index contributed by atoms with van der Waals surface area (Å²) < 4.78 is 11.3. The van der Waals surface area contributed by atoms with E-state index in [1.165, 1.54) is 0 Å². The molecule has 0 aliphatic rings. The van der Waals surface area contributed by atoms with E-state index in [1.807, 2.05) is 0 Å². The summed E-state index contributed by atoms with van der Waals surface area (Å²) >= 11 is -2.44. The summed E-state index contributed by atoms with van der Waals surface area (Å²) in [6.45, 7) is 8.74. The van der Waals surface area contributed by atoms with Crippen LogP contribution in [-0.4, -0.2) is 28.2 Å². The van der Waals surface area contributed by atoms with Crippen molar-refractivity contribution in [1.29, 1.82) is 0 Å². The molecule has 3 heteroatoms. The molecule has 0 atom stereocenters. The summed E-state index contributed by atoms with van der Waals surface area (Å²) in [4.78, 5) is 0. The second kappa shape index (κ2) is 3.92. The summed E-state index contributed by atoms with van der Waals surface area (Å²) in [7, 11) is 3.55. The first-order chi connectivity index (χ1) is 4.93. The van der Waals surface area contributed by atoms with E-state index >= 15 is 0 Å². The predicted molar refractivity (Wildman–Crippen MR) is 50.0 cm³/mol. The van der Waals surface area contributed by atoms with E-state index < -0.39 is 13.9 Å². The van der Waals surface area contributed by atoms with Crippen LogP contribution in [0.4, 0.5) is 0 Å². The molecule has 0 spiro atoms. The molecular formula is C8H20GeO2. The molecular weight excluding hydrogens is 201 g/mol. The van der Waals surface area contributed by atoms with Crippen LogP contribution < -0.4 is 0 Å². The zero-order valence-electron chi connectivity index (χ0n) is 8.52. The van der Waals surface area contributed by atoms with E-state index in [0.29, 0.717) is 0 Å². The summed E-state index contributed by atoms with van der Waals surface area (Å²) in [5.74, 6) is 0. The van der Waals surface area contributed by atoms with Crippen LogP contribution in [0.15, 0.2) is 0 Å². The zero-order valence-corrected chi connectivity index (χ0v) is 10.6. The third kappa shape index (κ3) is 2.20. The maximum atomic E-state index is 5.57. The fourth-order valence-corrected chi connectivity index (χ4v) is 7.87. The summed E-state index contributed by atoms with van der Waals surface area (Å²) in [5.41, 5.74) is 0. The average Bonchev–Trinajstić information content (AvgIpc) is 1.90. The Morgan fingerprint density at radius 1 is 1.09 bits per heavy atom. The average molecular weight is 221 g/mol. The molecule has 0 amide bonds. The third-order valence-electron chi connectivity index (χ3n) is 2.27. The van der Waals surface area contributed by atoms with Gasteiger partial charge in [0.1, 0.15) is 0 Å². The molecule has 0 N–H and O–H groups in total. The Morgan fingerprint density at radius 3 is 1.45 bits per heavy atom. The van der Waals surface area contributed by atoms with Crippen molar-refractivity contribution < 1.29 is 7.53 Å². The molecule has 0 fully saturated rings. The molecule has 0 aliphatic carbocycles.